The van der Waals surface area contributed by atoms with E-state index in [0.717, 1.165) is 4.88 Å². The number of hydrogen-bond acceptors (Lipinski definition) is 6. The fourth-order valence-corrected chi connectivity index (χ4v) is 5.01. The van der Waals surface area contributed by atoms with E-state index in [1.807, 2.05) is 6.92 Å². The summed E-state index contributed by atoms with van der Waals surface area (Å²) >= 11 is 7.65. The van der Waals surface area contributed by atoms with Crippen molar-refractivity contribution in [3.05, 3.63) is 79.8 Å². The molecule has 0 saturated carbocycles. The molecule has 1 unspecified atom stereocenters. The van der Waals surface area contributed by atoms with Crippen LogP contribution in [0.1, 0.15) is 34.1 Å². The first-order chi connectivity index (χ1) is 16.7. The molecule has 4 rings (SSSR count). The van der Waals surface area contributed by atoms with Gasteiger partial charge in [0.2, 0.25) is 11.2 Å². The monoisotopic (exact) mass is 510 g/mol. The van der Waals surface area contributed by atoms with Crippen LogP contribution in [0.15, 0.2) is 57.7 Å². The molecule has 4 aromatic rings. The molecule has 2 heterocycles. The predicted molar refractivity (Wildman–Crippen MR) is 139 cm³/mol. The summed E-state index contributed by atoms with van der Waals surface area (Å²) in [6, 6.07) is 13.7. The second kappa shape index (κ2) is 9.93. The normalized spacial score (nSPS) is 11.9. The third-order valence-electron chi connectivity index (χ3n) is 5.67. The molecule has 2 amide bonds. The number of benzene rings is 2. The second-order valence-electron chi connectivity index (χ2n) is 7.92. The average Bonchev–Trinajstić information content (AvgIpc) is 3.11. The number of rotatable bonds is 7. The molecule has 3 N–H and O–H groups in total. The third-order valence-corrected chi connectivity index (χ3v) is 7.12. The smallest absolute Gasteiger partial charge is 0.266 e. The van der Waals surface area contributed by atoms with Gasteiger partial charge in [0.25, 0.3) is 11.8 Å². The maximum Gasteiger partial charge on any atom is 0.266 e. The Bertz CT molecular complexity index is 1510. The number of primary amides is 1. The van der Waals surface area contributed by atoms with Crippen molar-refractivity contribution in [1.82, 2.24) is 0 Å². The number of carbonyl (C=O) groups is 2. The summed E-state index contributed by atoms with van der Waals surface area (Å²) in [5.74, 6) is -1.14. The van der Waals surface area contributed by atoms with Gasteiger partial charge in [-0.3, -0.25) is 14.4 Å². The summed E-state index contributed by atoms with van der Waals surface area (Å²) in [6.45, 7) is 5.36. The SMILES string of the molecule is CCC(Oc1c(-c2ccccc2Cl)oc2ccccc2c1=O)C(=O)Nc1sc(C)c(C)c1C(N)=O. The molecule has 0 radical (unpaired) electrons. The highest BCUT2D eigenvalue weighted by Crippen LogP contribution is 2.36. The quantitative estimate of drug-likeness (QED) is 0.332. The summed E-state index contributed by atoms with van der Waals surface area (Å²) < 4.78 is 12.1. The zero-order chi connectivity index (χ0) is 25.3. The van der Waals surface area contributed by atoms with Crippen molar-refractivity contribution < 1.29 is 18.7 Å². The Morgan fingerprint density at radius 2 is 1.83 bits per heavy atom. The molecule has 0 fully saturated rings. The average molecular weight is 511 g/mol. The van der Waals surface area contributed by atoms with Crippen molar-refractivity contribution in [3.63, 3.8) is 0 Å². The van der Waals surface area contributed by atoms with Crippen LogP contribution >= 0.6 is 22.9 Å². The maximum atomic E-state index is 13.4. The highest BCUT2D eigenvalue weighted by Gasteiger charge is 2.27. The van der Waals surface area contributed by atoms with Crippen LogP contribution in [0, 0.1) is 13.8 Å². The van der Waals surface area contributed by atoms with Crippen molar-refractivity contribution in [1.29, 1.82) is 0 Å². The zero-order valence-corrected chi connectivity index (χ0v) is 20.9. The first-order valence-electron chi connectivity index (χ1n) is 10.9. The van der Waals surface area contributed by atoms with Crippen LogP contribution in [-0.2, 0) is 4.79 Å². The molecule has 0 spiro atoms. The molecule has 0 saturated heterocycles. The van der Waals surface area contributed by atoms with Crippen LogP contribution in [0.4, 0.5) is 5.00 Å². The number of amides is 2. The van der Waals surface area contributed by atoms with Crippen LogP contribution in [0.2, 0.25) is 5.02 Å². The fraction of sp³-hybridized carbons (Fsp3) is 0.192. The lowest BCUT2D eigenvalue weighted by Crippen LogP contribution is -2.34. The maximum absolute atomic E-state index is 13.4. The summed E-state index contributed by atoms with van der Waals surface area (Å²) in [6.07, 6.45) is -0.807. The van der Waals surface area contributed by atoms with Crippen molar-refractivity contribution >= 4 is 50.7 Å². The highest BCUT2D eigenvalue weighted by molar-refractivity contribution is 7.16. The Hall–Kier alpha value is -3.62. The molecule has 2 aromatic heterocycles. The van der Waals surface area contributed by atoms with E-state index in [1.54, 1.807) is 62.4 Å². The fourth-order valence-electron chi connectivity index (χ4n) is 3.72. The Labute approximate surface area is 210 Å². The van der Waals surface area contributed by atoms with E-state index in [0.29, 0.717) is 32.1 Å². The predicted octanol–water partition coefficient (Wildman–Crippen LogP) is 5.69. The lowest BCUT2D eigenvalue weighted by atomic mass is 10.1. The van der Waals surface area contributed by atoms with E-state index in [-0.39, 0.29) is 23.5 Å². The summed E-state index contributed by atoms with van der Waals surface area (Å²) in [5, 5.41) is 3.77. The van der Waals surface area contributed by atoms with E-state index in [4.69, 9.17) is 26.5 Å². The summed E-state index contributed by atoms with van der Waals surface area (Å²) in [7, 11) is 0. The Morgan fingerprint density at radius 1 is 1.14 bits per heavy atom. The highest BCUT2D eigenvalue weighted by atomic mass is 35.5. The second-order valence-corrected chi connectivity index (χ2v) is 9.55. The minimum absolute atomic E-state index is 0.118. The Kier molecular flexibility index (Phi) is 6.95. The van der Waals surface area contributed by atoms with E-state index in [2.05, 4.69) is 5.32 Å². The minimum Gasteiger partial charge on any atom is -0.473 e. The molecular weight excluding hydrogens is 488 g/mol. The van der Waals surface area contributed by atoms with Gasteiger partial charge < -0.3 is 20.2 Å². The largest absolute Gasteiger partial charge is 0.473 e. The number of carbonyl (C=O) groups excluding carboxylic acids is 2. The van der Waals surface area contributed by atoms with Crippen molar-refractivity contribution in [2.75, 3.05) is 5.32 Å². The van der Waals surface area contributed by atoms with Gasteiger partial charge in [-0.05, 0) is 50.1 Å². The zero-order valence-electron chi connectivity index (χ0n) is 19.3. The third kappa shape index (κ3) is 4.67. The van der Waals surface area contributed by atoms with Gasteiger partial charge in [-0.25, -0.2) is 0 Å². The van der Waals surface area contributed by atoms with E-state index >= 15 is 0 Å². The number of halogens is 1. The van der Waals surface area contributed by atoms with Crippen LogP contribution < -0.4 is 21.2 Å². The number of ether oxygens (including phenoxy) is 1. The summed E-state index contributed by atoms with van der Waals surface area (Å²) in [5.41, 5.74) is 6.91. The molecule has 9 heteroatoms. The number of hydrogen-bond donors (Lipinski definition) is 2. The van der Waals surface area contributed by atoms with Crippen molar-refractivity contribution in [2.24, 2.45) is 5.73 Å². The molecule has 0 aliphatic rings. The number of anilines is 1. The van der Waals surface area contributed by atoms with Crippen LogP contribution in [0.3, 0.4) is 0 Å². The van der Waals surface area contributed by atoms with Gasteiger partial charge in [0.05, 0.1) is 16.0 Å². The standard InChI is InChI=1S/C26H23ClN2O5S/c1-4-18(25(32)29-26-20(24(28)31)13(2)14(3)35-26)33-23-21(30)16-10-6-8-12-19(16)34-22(23)15-9-5-7-11-17(15)27/h5-12,18H,4H2,1-3H3,(H2,28,31)(H,29,32). The number of fused-ring (bicyclic) bond motifs is 1. The van der Waals surface area contributed by atoms with Gasteiger partial charge in [-0.1, -0.05) is 42.8 Å². The van der Waals surface area contributed by atoms with Crippen molar-refractivity contribution in [3.8, 4) is 17.1 Å². The lowest BCUT2D eigenvalue weighted by molar-refractivity contribution is -0.122. The first-order valence-corrected chi connectivity index (χ1v) is 12.1. The molecule has 0 bridgehead atoms. The Balaban J connectivity index is 1.77. The van der Waals surface area contributed by atoms with Crippen LogP contribution in [0.5, 0.6) is 5.75 Å². The van der Waals surface area contributed by atoms with Gasteiger partial charge >= 0.3 is 0 Å². The molecule has 0 aliphatic carbocycles. The lowest BCUT2D eigenvalue weighted by Gasteiger charge is -2.19. The molecule has 7 nitrogen and oxygen atoms in total. The molecule has 2 aromatic carbocycles. The molecule has 35 heavy (non-hydrogen) atoms. The molecule has 180 valence electrons. The molecule has 1 atom stereocenters. The number of nitrogens with two attached hydrogens (primary N) is 1. The van der Waals surface area contributed by atoms with E-state index in [1.165, 1.54) is 11.3 Å². The number of para-hydroxylation sites is 1. The van der Waals surface area contributed by atoms with Crippen LogP contribution in [0.25, 0.3) is 22.3 Å². The molecular formula is C26H23ClN2O5S. The number of aryl methyl sites for hydroxylation is 1. The van der Waals surface area contributed by atoms with Gasteiger partial charge in [-0.2, -0.15) is 0 Å². The number of thiophene rings is 1. The van der Waals surface area contributed by atoms with Crippen LogP contribution in [-0.4, -0.2) is 17.9 Å². The Morgan fingerprint density at radius 3 is 2.51 bits per heavy atom. The van der Waals surface area contributed by atoms with E-state index < -0.39 is 23.3 Å². The first kappa shape index (κ1) is 24.5. The van der Waals surface area contributed by atoms with Gasteiger partial charge in [0.1, 0.15) is 10.6 Å². The van der Waals surface area contributed by atoms with Crippen molar-refractivity contribution in [2.45, 2.75) is 33.3 Å². The van der Waals surface area contributed by atoms with Gasteiger partial charge in [-0.15, -0.1) is 11.3 Å². The van der Waals surface area contributed by atoms with Gasteiger partial charge in [0.15, 0.2) is 11.9 Å². The number of nitrogens with one attached hydrogen (secondary N) is 1. The van der Waals surface area contributed by atoms with Gasteiger partial charge in [0, 0.05) is 10.4 Å². The van der Waals surface area contributed by atoms with E-state index in [9.17, 15) is 14.4 Å². The topological polar surface area (TPSA) is 112 Å². The summed E-state index contributed by atoms with van der Waals surface area (Å²) in [4.78, 5) is 39.4. The molecule has 0 aliphatic heterocycles. The minimum atomic E-state index is -1.05.